The minimum absolute atomic E-state index is 0.112. The van der Waals surface area contributed by atoms with Crippen molar-refractivity contribution in [1.29, 1.82) is 0 Å². The van der Waals surface area contributed by atoms with Crippen molar-refractivity contribution >= 4 is 5.97 Å². The highest BCUT2D eigenvalue weighted by Gasteiger charge is 2.25. The topological polar surface area (TPSA) is 63.3 Å². The van der Waals surface area contributed by atoms with Gasteiger partial charge in [-0.1, -0.05) is 32.0 Å². The second-order valence-corrected chi connectivity index (χ2v) is 5.89. The summed E-state index contributed by atoms with van der Waals surface area (Å²) in [5.74, 6) is -0.771. The molecule has 0 heterocycles. The van der Waals surface area contributed by atoms with E-state index < -0.39 is 5.97 Å². The fourth-order valence-electron chi connectivity index (χ4n) is 2.19. The molecular formula is C15H23NO2. The van der Waals surface area contributed by atoms with Crippen molar-refractivity contribution in [2.45, 2.75) is 46.6 Å². The summed E-state index contributed by atoms with van der Waals surface area (Å²) >= 11 is 0. The summed E-state index contributed by atoms with van der Waals surface area (Å²) in [6, 6.07) is 6.08. The molecule has 100 valence electrons. The lowest BCUT2D eigenvalue weighted by molar-refractivity contribution is -0.139. The molecule has 0 amide bonds. The van der Waals surface area contributed by atoms with Crippen LogP contribution in [-0.2, 0) is 4.79 Å². The van der Waals surface area contributed by atoms with Crippen LogP contribution in [0.15, 0.2) is 18.2 Å². The van der Waals surface area contributed by atoms with Gasteiger partial charge in [0, 0.05) is 6.04 Å². The first-order chi connectivity index (χ1) is 8.21. The molecule has 0 saturated heterocycles. The fraction of sp³-hybridized carbons (Fsp3) is 0.533. The molecule has 0 fully saturated rings. The van der Waals surface area contributed by atoms with Crippen LogP contribution in [0.5, 0.6) is 0 Å². The highest BCUT2D eigenvalue weighted by molar-refractivity contribution is 5.67. The minimum Gasteiger partial charge on any atom is -0.481 e. The second kappa shape index (κ2) is 5.53. The molecule has 1 aromatic rings. The second-order valence-electron chi connectivity index (χ2n) is 5.89. The number of nitrogens with two attached hydrogens (primary N) is 1. The van der Waals surface area contributed by atoms with Crippen molar-refractivity contribution in [3.63, 3.8) is 0 Å². The number of rotatable bonds is 5. The highest BCUT2D eigenvalue weighted by Crippen LogP contribution is 2.32. The molecule has 0 spiro atoms. The van der Waals surface area contributed by atoms with E-state index in [-0.39, 0.29) is 17.9 Å². The maximum absolute atomic E-state index is 10.8. The van der Waals surface area contributed by atoms with E-state index in [0.717, 1.165) is 5.56 Å². The number of benzene rings is 1. The molecule has 1 unspecified atom stereocenters. The predicted molar refractivity (Wildman–Crippen MR) is 73.5 cm³/mol. The van der Waals surface area contributed by atoms with Gasteiger partial charge in [0.1, 0.15) is 0 Å². The molecule has 18 heavy (non-hydrogen) atoms. The van der Waals surface area contributed by atoms with Gasteiger partial charge in [-0.2, -0.15) is 0 Å². The normalized spacial score (nSPS) is 13.4. The number of carbonyl (C=O) groups is 1. The Labute approximate surface area is 109 Å². The quantitative estimate of drug-likeness (QED) is 0.842. The molecule has 0 saturated carbocycles. The van der Waals surface area contributed by atoms with Gasteiger partial charge in [-0.25, -0.2) is 0 Å². The standard InChI is InChI=1S/C15H23NO2/c1-10-5-6-12(7-11(10)2)13(16)8-15(3,4)9-14(17)18/h5-7,13H,8-9,16H2,1-4H3,(H,17,18). The average Bonchev–Trinajstić information content (AvgIpc) is 2.19. The van der Waals surface area contributed by atoms with E-state index in [4.69, 9.17) is 10.8 Å². The molecule has 0 aliphatic rings. The Morgan fingerprint density at radius 1 is 1.33 bits per heavy atom. The van der Waals surface area contributed by atoms with Crippen molar-refractivity contribution in [2.24, 2.45) is 11.1 Å². The fourth-order valence-corrected chi connectivity index (χ4v) is 2.19. The number of carboxylic acids is 1. The largest absolute Gasteiger partial charge is 0.481 e. The molecule has 0 radical (unpaired) electrons. The Morgan fingerprint density at radius 2 is 1.94 bits per heavy atom. The maximum Gasteiger partial charge on any atom is 0.303 e. The molecule has 0 aliphatic carbocycles. The lowest BCUT2D eigenvalue weighted by Gasteiger charge is -2.26. The van der Waals surface area contributed by atoms with Crippen LogP contribution in [0.4, 0.5) is 0 Å². The molecule has 1 atom stereocenters. The molecule has 0 bridgehead atoms. The van der Waals surface area contributed by atoms with Gasteiger partial charge in [0.2, 0.25) is 0 Å². The third kappa shape index (κ3) is 4.15. The smallest absolute Gasteiger partial charge is 0.303 e. The molecule has 1 rings (SSSR count). The van der Waals surface area contributed by atoms with Gasteiger partial charge in [0.25, 0.3) is 0 Å². The average molecular weight is 249 g/mol. The molecular weight excluding hydrogens is 226 g/mol. The summed E-state index contributed by atoms with van der Waals surface area (Å²) in [5, 5.41) is 8.87. The van der Waals surface area contributed by atoms with E-state index in [1.807, 2.05) is 19.9 Å². The zero-order chi connectivity index (χ0) is 13.9. The Bertz CT molecular complexity index is 438. The van der Waals surface area contributed by atoms with Crippen LogP contribution < -0.4 is 5.73 Å². The summed E-state index contributed by atoms with van der Waals surface area (Å²) in [5.41, 5.74) is 9.44. The van der Waals surface area contributed by atoms with Crippen LogP contribution in [0, 0.1) is 19.3 Å². The molecule has 0 aliphatic heterocycles. The first kappa shape index (κ1) is 14.7. The zero-order valence-electron chi connectivity index (χ0n) is 11.7. The summed E-state index contributed by atoms with van der Waals surface area (Å²) in [6.45, 7) is 8.02. The lowest BCUT2D eigenvalue weighted by atomic mass is 9.81. The summed E-state index contributed by atoms with van der Waals surface area (Å²) in [7, 11) is 0. The van der Waals surface area contributed by atoms with Crippen LogP contribution in [0.25, 0.3) is 0 Å². The van der Waals surface area contributed by atoms with Crippen molar-refractivity contribution in [3.05, 3.63) is 34.9 Å². The van der Waals surface area contributed by atoms with Crippen LogP contribution >= 0.6 is 0 Å². The van der Waals surface area contributed by atoms with Gasteiger partial charge < -0.3 is 10.8 Å². The van der Waals surface area contributed by atoms with Crippen LogP contribution in [-0.4, -0.2) is 11.1 Å². The molecule has 1 aromatic carbocycles. The van der Waals surface area contributed by atoms with E-state index in [1.54, 1.807) is 0 Å². The zero-order valence-corrected chi connectivity index (χ0v) is 11.7. The summed E-state index contributed by atoms with van der Waals surface area (Å²) < 4.78 is 0. The molecule has 0 aromatic heterocycles. The van der Waals surface area contributed by atoms with Crippen molar-refractivity contribution in [1.82, 2.24) is 0 Å². The van der Waals surface area contributed by atoms with E-state index >= 15 is 0 Å². The predicted octanol–water partition coefficient (Wildman–Crippen LogP) is 3.19. The van der Waals surface area contributed by atoms with E-state index in [0.29, 0.717) is 6.42 Å². The lowest BCUT2D eigenvalue weighted by Crippen LogP contribution is -2.24. The van der Waals surface area contributed by atoms with Gasteiger partial charge in [0.05, 0.1) is 6.42 Å². The first-order valence-electron chi connectivity index (χ1n) is 6.26. The summed E-state index contributed by atoms with van der Waals surface area (Å²) in [6.07, 6.45) is 0.813. The number of hydrogen-bond donors (Lipinski definition) is 2. The summed E-state index contributed by atoms with van der Waals surface area (Å²) in [4.78, 5) is 10.8. The van der Waals surface area contributed by atoms with Gasteiger partial charge in [-0.15, -0.1) is 0 Å². The Balaban J connectivity index is 2.78. The Kier molecular flexibility index (Phi) is 4.52. The Hall–Kier alpha value is -1.35. The van der Waals surface area contributed by atoms with E-state index in [2.05, 4.69) is 26.0 Å². The van der Waals surface area contributed by atoms with Crippen LogP contribution in [0.2, 0.25) is 0 Å². The van der Waals surface area contributed by atoms with Gasteiger partial charge >= 0.3 is 5.97 Å². The van der Waals surface area contributed by atoms with Crippen molar-refractivity contribution in [2.75, 3.05) is 0 Å². The van der Waals surface area contributed by atoms with Crippen LogP contribution in [0.3, 0.4) is 0 Å². The molecule has 3 heteroatoms. The van der Waals surface area contributed by atoms with E-state index in [9.17, 15) is 4.79 Å². The maximum atomic E-state index is 10.8. The van der Waals surface area contributed by atoms with E-state index in [1.165, 1.54) is 11.1 Å². The van der Waals surface area contributed by atoms with Gasteiger partial charge in [-0.05, 0) is 42.4 Å². The first-order valence-corrected chi connectivity index (χ1v) is 6.26. The molecule has 3 nitrogen and oxygen atoms in total. The minimum atomic E-state index is -0.771. The Morgan fingerprint density at radius 3 is 2.44 bits per heavy atom. The van der Waals surface area contributed by atoms with Gasteiger partial charge in [0.15, 0.2) is 0 Å². The molecule has 3 N–H and O–H groups in total. The van der Waals surface area contributed by atoms with Crippen LogP contribution in [0.1, 0.15) is 49.4 Å². The SMILES string of the molecule is Cc1ccc(C(N)CC(C)(C)CC(=O)O)cc1C. The van der Waals surface area contributed by atoms with Gasteiger partial charge in [-0.3, -0.25) is 4.79 Å². The number of aliphatic carboxylic acids is 1. The third-order valence-electron chi connectivity index (χ3n) is 3.36. The monoisotopic (exact) mass is 249 g/mol. The number of carboxylic acid groups (broad SMARTS) is 1. The number of aryl methyl sites for hydroxylation is 2. The highest BCUT2D eigenvalue weighted by atomic mass is 16.4. The van der Waals surface area contributed by atoms with Crippen molar-refractivity contribution < 1.29 is 9.90 Å². The third-order valence-corrected chi connectivity index (χ3v) is 3.36. The van der Waals surface area contributed by atoms with Crippen molar-refractivity contribution in [3.8, 4) is 0 Å². The number of hydrogen-bond acceptors (Lipinski definition) is 2.